The van der Waals surface area contributed by atoms with Crippen molar-refractivity contribution >= 4 is 23.6 Å². The Hall–Kier alpha value is -2.09. The molecule has 0 bridgehead atoms. The fraction of sp³-hybridized carbons (Fsp3) is 0.650. The van der Waals surface area contributed by atoms with Gasteiger partial charge in [0.25, 0.3) is 5.91 Å². The Balaban J connectivity index is 2.37. The van der Waals surface area contributed by atoms with E-state index in [2.05, 4.69) is 10.3 Å². The maximum Gasteiger partial charge on any atom is 0.410 e. The Bertz CT molecular complexity index is 754. The van der Waals surface area contributed by atoms with E-state index in [1.807, 2.05) is 13.8 Å². The lowest BCUT2D eigenvalue weighted by Crippen LogP contribution is -2.47. The Morgan fingerprint density at radius 1 is 1.41 bits per heavy atom. The monoisotopic (exact) mass is 429 g/mol. The molecule has 2 rings (SSSR count). The summed E-state index contributed by atoms with van der Waals surface area (Å²) in [6.07, 6.45) is 1.01. The van der Waals surface area contributed by atoms with Crippen molar-refractivity contribution in [1.29, 1.82) is 0 Å². The number of carbonyl (C=O) groups is 2. The van der Waals surface area contributed by atoms with E-state index >= 15 is 0 Å². The van der Waals surface area contributed by atoms with E-state index in [0.29, 0.717) is 19.3 Å². The summed E-state index contributed by atoms with van der Waals surface area (Å²) < 4.78 is 25.4. The number of fused-ring (bicyclic) bond motifs is 1. The summed E-state index contributed by atoms with van der Waals surface area (Å²) in [5.41, 5.74) is -0.663. The maximum absolute atomic E-state index is 13.9. The van der Waals surface area contributed by atoms with Crippen LogP contribution in [0.2, 0.25) is 5.15 Å². The van der Waals surface area contributed by atoms with Crippen LogP contribution in [0.5, 0.6) is 5.88 Å². The van der Waals surface area contributed by atoms with E-state index < -0.39 is 23.4 Å². The van der Waals surface area contributed by atoms with E-state index in [1.165, 1.54) is 0 Å². The van der Waals surface area contributed by atoms with Crippen LogP contribution in [0.3, 0.4) is 0 Å². The van der Waals surface area contributed by atoms with E-state index in [1.54, 1.807) is 25.7 Å². The summed E-state index contributed by atoms with van der Waals surface area (Å²) in [5.74, 6) is -1.35. The van der Waals surface area contributed by atoms with Crippen molar-refractivity contribution in [3.05, 3.63) is 22.6 Å². The maximum atomic E-state index is 13.9. The SMILES string of the molecule is CCC1CC(CC)N(C(=O)OC(C)(C)C)CCNC(=O)c2cc(F)c(Cl)nc2O1. The first-order chi connectivity index (χ1) is 13.6. The second-order valence-corrected chi connectivity index (χ2v) is 8.35. The number of rotatable bonds is 2. The molecule has 1 N–H and O–H groups in total. The van der Waals surface area contributed by atoms with Crippen molar-refractivity contribution in [2.45, 2.75) is 71.6 Å². The standard InChI is InChI=1S/C20H29ClFN3O4/c1-6-12-10-13(7-2)28-18-14(11-15(22)16(21)24-18)17(26)23-8-9-25(12)19(27)29-20(3,4)5/h11-13H,6-10H2,1-5H3,(H,23,26). The molecular weight excluding hydrogens is 401 g/mol. The molecule has 2 amide bonds. The first-order valence-corrected chi connectivity index (χ1v) is 10.2. The van der Waals surface area contributed by atoms with Gasteiger partial charge in [-0.15, -0.1) is 0 Å². The molecule has 0 saturated carbocycles. The number of pyridine rings is 1. The zero-order valence-electron chi connectivity index (χ0n) is 17.6. The molecule has 29 heavy (non-hydrogen) atoms. The fourth-order valence-electron chi connectivity index (χ4n) is 3.11. The van der Waals surface area contributed by atoms with Gasteiger partial charge in [0.2, 0.25) is 5.88 Å². The van der Waals surface area contributed by atoms with Gasteiger partial charge in [0.05, 0.1) is 0 Å². The first kappa shape index (κ1) is 23.2. The van der Waals surface area contributed by atoms with Gasteiger partial charge in [-0.3, -0.25) is 4.79 Å². The third kappa shape index (κ3) is 6.19. The summed E-state index contributed by atoms with van der Waals surface area (Å²) in [6, 6.07) is 0.859. The van der Waals surface area contributed by atoms with Gasteiger partial charge in [0.1, 0.15) is 17.3 Å². The summed E-state index contributed by atoms with van der Waals surface area (Å²) in [4.78, 5) is 30.9. The molecule has 0 spiro atoms. The van der Waals surface area contributed by atoms with Gasteiger partial charge in [-0.2, -0.15) is 4.98 Å². The van der Waals surface area contributed by atoms with E-state index in [4.69, 9.17) is 21.1 Å². The first-order valence-electron chi connectivity index (χ1n) is 9.86. The average Bonchev–Trinajstić information content (AvgIpc) is 2.65. The van der Waals surface area contributed by atoms with Crippen molar-refractivity contribution in [2.24, 2.45) is 0 Å². The van der Waals surface area contributed by atoms with Gasteiger partial charge < -0.3 is 19.7 Å². The lowest BCUT2D eigenvalue weighted by atomic mass is 10.0. The van der Waals surface area contributed by atoms with Crippen LogP contribution < -0.4 is 10.1 Å². The third-order valence-corrected chi connectivity index (χ3v) is 4.85. The van der Waals surface area contributed by atoms with Crippen LogP contribution in [0, 0.1) is 5.82 Å². The Kier molecular flexibility index (Phi) is 7.68. The number of carbonyl (C=O) groups excluding carboxylic acids is 2. The van der Waals surface area contributed by atoms with Crippen LogP contribution in [0.25, 0.3) is 0 Å². The van der Waals surface area contributed by atoms with Crippen molar-refractivity contribution < 1.29 is 23.5 Å². The molecule has 2 heterocycles. The Morgan fingerprint density at radius 2 is 2.10 bits per heavy atom. The second-order valence-electron chi connectivity index (χ2n) is 7.99. The Labute approximate surface area is 175 Å². The molecule has 1 aliphatic rings. The molecule has 1 aromatic heterocycles. The van der Waals surface area contributed by atoms with Crippen molar-refractivity contribution in [3.63, 3.8) is 0 Å². The minimum absolute atomic E-state index is 0.0127. The van der Waals surface area contributed by atoms with E-state index in [0.717, 1.165) is 6.07 Å². The highest BCUT2D eigenvalue weighted by atomic mass is 35.5. The van der Waals surface area contributed by atoms with Crippen molar-refractivity contribution in [1.82, 2.24) is 15.2 Å². The zero-order chi connectivity index (χ0) is 21.8. The molecule has 2 atom stereocenters. The van der Waals surface area contributed by atoms with Crippen LogP contribution in [0.15, 0.2) is 6.07 Å². The van der Waals surface area contributed by atoms with Gasteiger partial charge in [-0.05, 0) is 39.7 Å². The Morgan fingerprint density at radius 3 is 2.69 bits per heavy atom. The van der Waals surface area contributed by atoms with Gasteiger partial charge in [0, 0.05) is 25.6 Å². The molecule has 7 nitrogen and oxygen atoms in total. The number of ether oxygens (including phenoxy) is 2. The van der Waals surface area contributed by atoms with Crippen LogP contribution in [-0.4, -0.2) is 52.7 Å². The summed E-state index contributed by atoms with van der Waals surface area (Å²) in [7, 11) is 0. The molecule has 0 saturated heterocycles. The lowest BCUT2D eigenvalue weighted by molar-refractivity contribution is 0.0106. The zero-order valence-corrected chi connectivity index (χ0v) is 18.3. The molecule has 1 aromatic rings. The van der Waals surface area contributed by atoms with Gasteiger partial charge in [-0.1, -0.05) is 25.4 Å². The highest BCUT2D eigenvalue weighted by molar-refractivity contribution is 6.29. The molecule has 0 radical (unpaired) electrons. The minimum atomic E-state index is -0.797. The summed E-state index contributed by atoms with van der Waals surface area (Å²) >= 11 is 5.80. The predicted octanol–water partition coefficient (Wildman–Crippen LogP) is 4.18. The third-order valence-electron chi connectivity index (χ3n) is 4.59. The van der Waals surface area contributed by atoms with Crippen LogP contribution in [0.1, 0.15) is 64.2 Å². The summed E-state index contributed by atoms with van der Waals surface area (Å²) in [5, 5.41) is 2.33. The summed E-state index contributed by atoms with van der Waals surface area (Å²) in [6.45, 7) is 9.75. The van der Waals surface area contributed by atoms with Crippen molar-refractivity contribution in [3.8, 4) is 5.88 Å². The topological polar surface area (TPSA) is 80.8 Å². The lowest BCUT2D eigenvalue weighted by Gasteiger charge is -2.34. The van der Waals surface area contributed by atoms with Gasteiger partial charge >= 0.3 is 6.09 Å². The predicted molar refractivity (Wildman–Crippen MR) is 108 cm³/mol. The van der Waals surface area contributed by atoms with Crippen molar-refractivity contribution in [2.75, 3.05) is 13.1 Å². The normalized spacial score (nSPS) is 20.8. The van der Waals surface area contributed by atoms with Gasteiger partial charge in [0.15, 0.2) is 11.0 Å². The molecule has 0 aromatic carbocycles. The quantitative estimate of drug-likeness (QED) is 0.713. The van der Waals surface area contributed by atoms with Crippen LogP contribution >= 0.6 is 11.6 Å². The number of nitrogens with one attached hydrogen (secondary N) is 1. The van der Waals surface area contributed by atoms with E-state index in [-0.39, 0.29) is 41.8 Å². The smallest absolute Gasteiger partial charge is 0.410 e. The van der Waals surface area contributed by atoms with Gasteiger partial charge in [-0.25, -0.2) is 9.18 Å². The molecule has 0 fully saturated rings. The number of amides is 2. The van der Waals surface area contributed by atoms with Crippen LogP contribution in [0.4, 0.5) is 9.18 Å². The number of halogens is 2. The minimum Gasteiger partial charge on any atom is -0.474 e. The number of nitrogens with zero attached hydrogens (tertiary/aromatic N) is 2. The fourth-order valence-corrected chi connectivity index (χ4v) is 3.24. The second kappa shape index (κ2) is 9.61. The average molecular weight is 430 g/mol. The molecule has 162 valence electrons. The number of hydrogen-bond donors (Lipinski definition) is 1. The number of aromatic nitrogens is 1. The molecular formula is C20H29ClFN3O4. The highest BCUT2D eigenvalue weighted by Gasteiger charge is 2.31. The van der Waals surface area contributed by atoms with Crippen LogP contribution in [-0.2, 0) is 4.74 Å². The largest absolute Gasteiger partial charge is 0.474 e. The number of hydrogen-bond acceptors (Lipinski definition) is 5. The molecule has 1 aliphatic heterocycles. The molecule has 2 unspecified atom stereocenters. The highest BCUT2D eigenvalue weighted by Crippen LogP contribution is 2.26. The van der Waals surface area contributed by atoms with E-state index in [9.17, 15) is 14.0 Å². The molecule has 0 aliphatic carbocycles. The molecule has 9 heteroatoms.